The Labute approximate surface area is 168 Å². The van der Waals surface area contributed by atoms with Gasteiger partial charge < -0.3 is 15.5 Å². The summed E-state index contributed by atoms with van der Waals surface area (Å²) in [5, 5.41) is 5.79. The zero-order chi connectivity index (χ0) is 20.9. The van der Waals surface area contributed by atoms with Crippen molar-refractivity contribution in [2.75, 3.05) is 30.9 Å². The van der Waals surface area contributed by atoms with E-state index in [1.54, 1.807) is 6.07 Å². The van der Waals surface area contributed by atoms with Crippen LogP contribution in [0.25, 0.3) is 0 Å². The fourth-order valence-corrected chi connectivity index (χ4v) is 2.84. The molecule has 2 aromatic rings. The number of hydrogen-bond donors (Lipinski definition) is 2. The van der Waals surface area contributed by atoms with Gasteiger partial charge in [0.05, 0.1) is 5.56 Å². The number of nitrogens with zero attached hydrogens (tertiary/aromatic N) is 1. The third-order valence-electron chi connectivity index (χ3n) is 4.53. The Morgan fingerprint density at radius 1 is 0.964 bits per heavy atom. The van der Waals surface area contributed by atoms with Crippen molar-refractivity contribution in [3.63, 3.8) is 0 Å². The molecule has 0 radical (unpaired) electrons. The first-order chi connectivity index (χ1) is 13.1. The summed E-state index contributed by atoms with van der Waals surface area (Å²) in [6.45, 7) is 9.04. The molecule has 0 saturated carbocycles. The molecule has 150 valence electrons. The quantitative estimate of drug-likeness (QED) is 0.777. The molecule has 0 fully saturated rings. The molecule has 5 nitrogen and oxygen atoms in total. The van der Waals surface area contributed by atoms with Crippen molar-refractivity contribution in [1.29, 1.82) is 0 Å². The monoisotopic (exact) mass is 381 g/mol. The molecule has 2 N–H and O–H groups in total. The Hall–Kier alpha value is -2.82. The van der Waals surface area contributed by atoms with Crippen molar-refractivity contribution in [2.45, 2.75) is 39.5 Å². The van der Waals surface area contributed by atoms with Crippen LogP contribution in [0.1, 0.15) is 60.4 Å². The van der Waals surface area contributed by atoms with Gasteiger partial charge in [-0.05, 0) is 47.7 Å². The lowest BCUT2D eigenvalue weighted by Crippen LogP contribution is -2.26. The highest BCUT2D eigenvalue weighted by molar-refractivity contribution is 6.06. The summed E-state index contributed by atoms with van der Waals surface area (Å²) in [7, 11) is 3.78. The predicted molar refractivity (Wildman–Crippen MR) is 116 cm³/mol. The highest BCUT2D eigenvalue weighted by Crippen LogP contribution is 2.25. The van der Waals surface area contributed by atoms with Crippen LogP contribution < -0.4 is 15.5 Å². The van der Waals surface area contributed by atoms with Gasteiger partial charge in [0, 0.05) is 37.6 Å². The fraction of sp³-hybridized carbons (Fsp3) is 0.391. The molecule has 2 amide bonds. The average molecular weight is 382 g/mol. The van der Waals surface area contributed by atoms with E-state index in [2.05, 4.69) is 31.4 Å². The van der Waals surface area contributed by atoms with Crippen molar-refractivity contribution < 1.29 is 9.59 Å². The molecule has 0 aliphatic rings. The second kappa shape index (κ2) is 8.91. The molecule has 28 heavy (non-hydrogen) atoms. The maximum atomic E-state index is 12.6. The molecule has 2 rings (SSSR count). The van der Waals surface area contributed by atoms with Crippen molar-refractivity contribution in [2.24, 2.45) is 0 Å². The van der Waals surface area contributed by atoms with Crippen LogP contribution in [0.2, 0.25) is 0 Å². The molecule has 2 aromatic carbocycles. The van der Waals surface area contributed by atoms with Crippen LogP contribution in [0.3, 0.4) is 0 Å². The second-order valence-corrected chi connectivity index (χ2v) is 8.16. The van der Waals surface area contributed by atoms with E-state index in [0.29, 0.717) is 23.4 Å². The summed E-state index contributed by atoms with van der Waals surface area (Å²) >= 11 is 0. The minimum Gasteiger partial charge on any atom is -0.377 e. The first-order valence-electron chi connectivity index (χ1n) is 9.65. The van der Waals surface area contributed by atoms with Crippen LogP contribution in [-0.2, 0) is 5.41 Å². The minimum atomic E-state index is -0.196. The molecular weight excluding hydrogens is 350 g/mol. The zero-order valence-electron chi connectivity index (χ0n) is 17.7. The molecule has 0 heterocycles. The van der Waals surface area contributed by atoms with Gasteiger partial charge in [0.1, 0.15) is 0 Å². The van der Waals surface area contributed by atoms with E-state index < -0.39 is 0 Å². The first kappa shape index (κ1) is 21.5. The standard InChI is InChI=1S/C23H31N3O2/c1-7-14-24-22(28)19-15-18(12-13-20(19)26(5)6)25-21(27)16-8-10-17(11-9-16)23(2,3)4/h8-13,15H,7,14H2,1-6H3,(H,24,28)(H,25,27). The normalized spacial score (nSPS) is 11.1. The maximum absolute atomic E-state index is 12.6. The lowest BCUT2D eigenvalue weighted by Gasteiger charge is -2.19. The highest BCUT2D eigenvalue weighted by Gasteiger charge is 2.16. The number of carbonyl (C=O) groups is 2. The highest BCUT2D eigenvalue weighted by atomic mass is 16.2. The second-order valence-electron chi connectivity index (χ2n) is 8.16. The molecule has 0 bridgehead atoms. The van der Waals surface area contributed by atoms with Gasteiger partial charge >= 0.3 is 0 Å². The molecule has 0 aliphatic carbocycles. The van der Waals surface area contributed by atoms with E-state index in [1.807, 2.05) is 62.3 Å². The third-order valence-corrected chi connectivity index (χ3v) is 4.53. The molecule has 0 aliphatic heterocycles. The Morgan fingerprint density at radius 3 is 2.14 bits per heavy atom. The van der Waals surface area contributed by atoms with Crippen LogP contribution in [0.15, 0.2) is 42.5 Å². The van der Waals surface area contributed by atoms with Gasteiger partial charge in [-0.15, -0.1) is 0 Å². The van der Waals surface area contributed by atoms with Crippen molar-refractivity contribution in [1.82, 2.24) is 5.32 Å². The number of benzene rings is 2. The van der Waals surface area contributed by atoms with Gasteiger partial charge in [-0.1, -0.05) is 39.8 Å². The summed E-state index contributed by atoms with van der Waals surface area (Å²) in [6, 6.07) is 13.0. The smallest absolute Gasteiger partial charge is 0.255 e. The van der Waals surface area contributed by atoms with Gasteiger partial charge in [-0.2, -0.15) is 0 Å². The van der Waals surface area contributed by atoms with E-state index in [4.69, 9.17) is 0 Å². The number of nitrogens with one attached hydrogen (secondary N) is 2. The fourth-order valence-electron chi connectivity index (χ4n) is 2.84. The largest absolute Gasteiger partial charge is 0.377 e. The van der Waals surface area contributed by atoms with Crippen LogP contribution in [0.4, 0.5) is 11.4 Å². The molecule has 0 saturated heterocycles. The molecule has 0 aromatic heterocycles. The Kier molecular flexibility index (Phi) is 6.84. The Morgan fingerprint density at radius 2 is 1.61 bits per heavy atom. The van der Waals surface area contributed by atoms with Crippen LogP contribution in [-0.4, -0.2) is 32.5 Å². The van der Waals surface area contributed by atoms with E-state index in [-0.39, 0.29) is 17.2 Å². The van der Waals surface area contributed by atoms with Crippen molar-refractivity contribution in [3.8, 4) is 0 Å². The minimum absolute atomic E-state index is 0.0395. The van der Waals surface area contributed by atoms with Crippen molar-refractivity contribution >= 4 is 23.2 Å². The molecule has 0 spiro atoms. The zero-order valence-corrected chi connectivity index (χ0v) is 17.7. The lowest BCUT2D eigenvalue weighted by molar-refractivity contribution is 0.0952. The van der Waals surface area contributed by atoms with E-state index >= 15 is 0 Å². The lowest BCUT2D eigenvalue weighted by atomic mass is 9.87. The summed E-state index contributed by atoms with van der Waals surface area (Å²) in [6.07, 6.45) is 0.865. The number of hydrogen-bond acceptors (Lipinski definition) is 3. The number of amides is 2. The molecular formula is C23H31N3O2. The number of carbonyl (C=O) groups excluding carboxylic acids is 2. The third kappa shape index (κ3) is 5.35. The molecule has 5 heteroatoms. The summed E-state index contributed by atoms with van der Waals surface area (Å²) in [5.41, 5.74) is 3.74. The Balaban J connectivity index is 2.23. The molecule has 0 atom stereocenters. The summed E-state index contributed by atoms with van der Waals surface area (Å²) < 4.78 is 0. The van der Waals surface area contributed by atoms with Gasteiger partial charge in [0.2, 0.25) is 0 Å². The van der Waals surface area contributed by atoms with Gasteiger partial charge in [0.15, 0.2) is 0 Å². The van der Waals surface area contributed by atoms with Gasteiger partial charge in [-0.25, -0.2) is 0 Å². The first-order valence-corrected chi connectivity index (χ1v) is 9.65. The van der Waals surface area contributed by atoms with Gasteiger partial charge in [0.25, 0.3) is 11.8 Å². The van der Waals surface area contributed by atoms with Crippen LogP contribution in [0.5, 0.6) is 0 Å². The maximum Gasteiger partial charge on any atom is 0.255 e. The van der Waals surface area contributed by atoms with E-state index in [0.717, 1.165) is 12.1 Å². The van der Waals surface area contributed by atoms with Crippen LogP contribution in [0, 0.1) is 0 Å². The van der Waals surface area contributed by atoms with E-state index in [1.165, 1.54) is 5.56 Å². The van der Waals surface area contributed by atoms with Crippen LogP contribution >= 0.6 is 0 Å². The van der Waals surface area contributed by atoms with Crippen molar-refractivity contribution in [3.05, 3.63) is 59.2 Å². The Bertz CT molecular complexity index is 834. The summed E-state index contributed by atoms with van der Waals surface area (Å²) in [5.74, 6) is -0.339. The predicted octanol–water partition coefficient (Wildman–Crippen LogP) is 4.44. The topological polar surface area (TPSA) is 61.4 Å². The average Bonchev–Trinajstić information content (AvgIpc) is 2.65. The molecule has 0 unspecified atom stereocenters. The SMILES string of the molecule is CCCNC(=O)c1cc(NC(=O)c2ccc(C(C)(C)C)cc2)ccc1N(C)C. The summed E-state index contributed by atoms with van der Waals surface area (Å²) in [4.78, 5) is 27.0. The van der Waals surface area contributed by atoms with E-state index in [9.17, 15) is 9.59 Å². The number of anilines is 2. The van der Waals surface area contributed by atoms with Gasteiger partial charge in [-0.3, -0.25) is 9.59 Å². The number of rotatable bonds is 6.